The highest BCUT2D eigenvalue weighted by molar-refractivity contribution is 7.92. The van der Waals surface area contributed by atoms with Gasteiger partial charge in [0.1, 0.15) is 18.3 Å². The number of aryl methyl sites for hydroxylation is 1. The predicted molar refractivity (Wildman–Crippen MR) is 183 cm³/mol. The number of rotatable bonds is 15. The zero-order valence-electron chi connectivity index (χ0n) is 26.4. The van der Waals surface area contributed by atoms with Crippen LogP contribution in [0.15, 0.2) is 108 Å². The Hall–Kier alpha value is -4.34. The van der Waals surface area contributed by atoms with Crippen LogP contribution in [0.25, 0.3) is 0 Å². The van der Waals surface area contributed by atoms with Crippen molar-refractivity contribution in [3.63, 3.8) is 0 Å². The van der Waals surface area contributed by atoms with E-state index in [0.717, 1.165) is 33.8 Å². The van der Waals surface area contributed by atoms with Crippen LogP contribution in [0.1, 0.15) is 36.5 Å². The number of carbonyl (C=O) groups is 2. The Morgan fingerprint density at radius 1 is 0.891 bits per heavy atom. The summed E-state index contributed by atoms with van der Waals surface area (Å²) in [7, 11) is -2.76. The van der Waals surface area contributed by atoms with E-state index in [-0.39, 0.29) is 29.5 Å². The van der Waals surface area contributed by atoms with Crippen molar-refractivity contribution in [3.8, 4) is 5.75 Å². The minimum absolute atomic E-state index is 0.0237. The lowest BCUT2D eigenvalue weighted by Crippen LogP contribution is -2.53. The van der Waals surface area contributed by atoms with E-state index in [2.05, 4.69) is 5.32 Å². The molecule has 4 aromatic carbocycles. The monoisotopic (exact) mass is 661 g/mol. The summed E-state index contributed by atoms with van der Waals surface area (Å²) >= 11 is 6.30. The van der Waals surface area contributed by atoms with Crippen LogP contribution in [0.3, 0.4) is 0 Å². The molecule has 0 radical (unpaired) electrons. The largest absolute Gasteiger partial charge is 0.497 e. The van der Waals surface area contributed by atoms with E-state index in [0.29, 0.717) is 17.3 Å². The molecule has 0 spiro atoms. The Labute approximate surface area is 277 Å². The zero-order valence-corrected chi connectivity index (χ0v) is 27.9. The van der Waals surface area contributed by atoms with Crippen LogP contribution in [0.2, 0.25) is 5.02 Å². The molecule has 0 bridgehead atoms. The first-order valence-electron chi connectivity index (χ1n) is 15.2. The number of hydrogen-bond donors (Lipinski definition) is 1. The maximum atomic E-state index is 14.5. The second kappa shape index (κ2) is 16.3. The minimum atomic E-state index is -4.26. The molecule has 0 unspecified atom stereocenters. The average molecular weight is 662 g/mol. The van der Waals surface area contributed by atoms with Gasteiger partial charge >= 0.3 is 0 Å². The van der Waals surface area contributed by atoms with Crippen molar-refractivity contribution in [2.24, 2.45) is 0 Å². The van der Waals surface area contributed by atoms with Crippen molar-refractivity contribution < 1.29 is 22.7 Å². The van der Waals surface area contributed by atoms with Crippen molar-refractivity contribution in [3.05, 3.63) is 125 Å². The summed E-state index contributed by atoms with van der Waals surface area (Å²) in [6.45, 7) is 4.00. The number of unbranched alkanes of at least 4 members (excludes halogenated alkanes) is 1. The first-order valence-corrected chi connectivity index (χ1v) is 17.0. The highest BCUT2D eigenvalue weighted by Gasteiger charge is 2.34. The van der Waals surface area contributed by atoms with Crippen molar-refractivity contribution in [2.75, 3.05) is 24.5 Å². The van der Waals surface area contributed by atoms with Gasteiger partial charge in [0.05, 0.1) is 17.7 Å². The standard InChI is InChI=1S/C36H40ClN3O5S/c1-4-5-21-38-36(42)34(23-28-12-7-6-8-13-28)39(25-29-14-9-11-27(2)22-29)35(41)26-40(31-16-10-15-30(37)24-31)46(43,44)33-19-17-32(45-3)18-20-33/h6-20,22,24,34H,4-5,21,23,25-26H2,1-3H3,(H,38,42)/t34-/m1/s1. The molecule has 0 saturated carbocycles. The lowest BCUT2D eigenvalue weighted by Gasteiger charge is -2.34. The molecule has 1 atom stereocenters. The van der Waals surface area contributed by atoms with Gasteiger partial charge in [-0.3, -0.25) is 13.9 Å². The van der Waals surface area contributed by atoms with Crippen molar-refractivity contribution in [2.45, 2.75) is 50.6 Å². The quantitative estimate of drug-likeness (QED) is 0.149. The molecule has 0 aliphatic heterocycles. The SMILES string of the molecule is CCCCNC(=O)[C@@H](Cc1ccccc1)N(Cc1cccc(C)c1)C(=O)CN(c1cccc(Cl)c1)S(=O)(=O)c1ccc(OC)cc1. The third-order valence-electron chi connectivity index (χ3n) is 7.56. The average Bonchev–Trinajstić information content (AvgIpc) is 3.05. The van der Waals surface area contributed by atoms with Crippen molar-refractivity contribution in [1.82, 2.24) is 10.2 Å². The number of amides is 2. The molecule has 0 aliphatic rings. The molecule has 242 valence electrons. The molecule has 0 aromatic heterocycles. The van der Waals surface area contributed by atoms with E-state index in [1.807, 2.05) is 68.4 Å². The smallest absolute Gasteiger partial charge is 0.264 e. The van der Waals surface area contributed by atoms with E-state index in [4.69, 9.17) is 16.3 Å². The molecule has 0 fully saturated rings. The Balaban J connectivity index is 1.79. The lowest BCUT2D eigenvalue weighted by atomic mass is 10.0. The van der Waals surface area contributed by atoms with Crippen molar-refractivity contribution in [1.29, 1.82) is 0 Å². The van der Waals surface area contributed by atoms with Crippen LogP contribution >= 0.6 is 11.6 Å². The molecule has 4 aromatic rings. The first-order chi connectivity index (χ1) is 22.1. The van der Waals surface area contributed by atoms with Gasteiger partial charge in [-0.05, 0) is 66.9 Å². The van der Waals surface area contributed by atoms with Gasteiger partial charge in [0.2, 0.25) is 11.8 Å². The topological polar surface area (TPSA) is 96.0 Å². The number of benzene rings is 4. The van der Waals surface area contributed by atoms with Crippen LogP contribution in [0.5, 0.6) is 5.75 Å². The van der Waals surface area contributed by atoms with E-state index in [9.17, 15) is 18.0 Å². The molecule has 4 rings (SSSR count). The molecular weight excluding hydrogens is 622 g/mol. The molecule has 0 saturated heterocycles. The summed E-state index contributed by atoms with van der Waals surface area (Å²) in [6.07, 6.45) is 1.93. The van der Waals surface area contributed by atoms with E-state index in [1.165, 1.54) is 30.2 Å². The summed E-state index contributed by atoms with van der Waals surface area (Å²) in [4.78, 5) is 29.8. The lowest BCUT2D eigenvalue weighted by molar-refractivity contribution is -0.140. The highest BCUT2D eigenvalue weighted by atomic mass is 35.5. The van der Waals surface area contributed by atoms with Gasteiger partial charge in [0, 0.05) is 24.5 Å². The highest BCUT2D eigenvalue weighted by Crippen LogP contribution is 2.28. The number of carbonyl (C=O) groups excluding carboxylic acids is 2. The van der Waals surface area contributed by atoms with Crippen LogP contribution in [0.4, 0.5) is 5.69 Å². The Morgan fingerprint density at radius 3 is 2.24 bits per heavy atom. The van der Waals surface area contributed by atoms with Crippen LogP contribution in [-0.2, 0) is 32.6 Å². The molecule has 8 nitrogen and oxygen atoms in total. The van der Waals surface area contributed by atoms with Gasteiger partial charge in [0.25, 0.3) is 10.0 Å². The second-order valence-corrected chi connectivity index (χ2v) is 13.3. The molecule has 0 aliphatic carbocycles. The summed E-state index contributed by atoms with van der Waals surface area (Å²) in [5.74, 6) is -0.345. The van der Waals surface area contributed by atoms with E-state index < -0.39 is 28.5 Å². The third-order valence-corrected chi connectivity index (χ3v) is 9.58. The van der Waals surface area contributed by atoms with Gasteiger partial charge in [-0.25, -0.2) is 8.42 Å². The van der Waals surface area contributed by atoms with E-state index in [1.54, 1.807) is 30.3 Å². The van der Waals surface area contributed by atoms with E-state index >= 15 is 0 Å². The zero-order chi connectivity index (χ0) is 33.1. The van der Waals surface area contributed by atoms with Crippen LogP contribution in [-0.4, -0.2) is 51.4 Å². The number of anilines is 1. The fourth-order valence-electron chi connectivity index (χ4n) is 5.10. The number of hydrogen-bond acceptors (Lipinski definition) is 5. The van der Waals surface area contributed by atoms with Gasteiger partial charge in [-0.15, -0.1) is 0 Å². The number of nitrogens with zero attached hydrogens (tertiary/aromatic N) is 2. The minimum Gasteiger partial charge on any atom is -0.497 e. The number of ether oxygens (including phenoxy) is 1. The maximum absolute atomic E-state index is 14.5. The normalized spacial score (nSPS) is 11.8. The van der Waals surface area contributed by atoms with Crippen molar-refractivity contribution >= 4 is 39.1 Å². The summed E-state index contributed by atoms with van der Waals surface area (Å²) in [5.41, 5.74) is 2.91. The molecule has 0 heterocycles. The van der Waals surface area contributed by atoms with Gasteiger partial charge in [-0.1, -0.05) is 91.2 Å². The van der Waals surface area contributed by atoms with Gasteiger partial charge in [0.15, 0.2) is 0 Å². The first kappa shape index (κ1) is 34.5. The number of sulfonamides is 1. The maximum Gasteiger partial charge on any atom is 0.264 e. The Morgan fingerprint density at radius 2 is 1.59 bits per heavy atom. The fraction of sp³-hybridized carbons (Fsp3) is 0.278. The Kier molecular flexibility index (Phi) is 12.2. The fourth-order valence-corrected chi connectivity index (χ4v) is 6.69. The summed E-state index contributed by atoms with van der Waals surface area (Å²) in [5, 5.41) is 3.32. The van der Waals surface area contributed by atoms with Crippen LogP contribution in [0, 0.1) is 6.92 Å². The third kappa shape index (κ3) is 9.11. The number of nitrogens with one attached hydrogen (secondary N) is 1. The molecule has 46 heavy (non-hydrogen) atoms. The molecule has 10 heteroatoms. The second-order valence-electron chi connectivity index (χ2n) is 11.0. The molecule has 2 amide bonds. The molecule has 1 N–H and O–H groups in total. The number of methoxy groups -OCH3 is 1. The van der Waals surface area contributed by atoms with Crippen LogP contribution < -0.4 is 14.4 Å². The van der Waals surface area contributed by atoms with Gasteiger partial charge in [-0.2, -0.15) is 0 Å². The van der Waals surface area contributed by atoms with Gasteiger partial charge < -0.3 is 15.0 Å². The summed E-state index contributed by atoms with van der Waals surface area (Å²) < 4.78 is 34.6. The Bertz CT molecular complexity index is 1720. The predicted octanol–water partition coefficient (Wildman–Crippen LogP) is 6.41. The summed E-state index contributed by atoms with van der Waals surface area (Å²) in [6, 6.07) is 28.6. The number of halogens is 1. The molecular formula is C36H40ClN3O5S.